The fraction of sp³-hybridized carbons (Fsp3) is 0.500. The molecule has 0 saturated heterocycles. The number of carbonyl (C=O) groups excluding carboxylic acids is 1. The van der Waals surface area contributed by atoms with Crippen molar-refractivity contribution in [2.75, 3.05) is 0 Å². The van der Waals surface area contributed by atoms with E-state index in [1.807, 2.05) is 32.0 Å². The van der Waals surface area contributed by atoms with E-state index in [0.29, 0.717) is 12.0 Å². The standard InChI is InChI=1S/C14H19NO/c1-9-5-4-6-13(10(9)2)14(16)15-11(3)12-7-8-12/h4-6,11-12H,7-8H2,1-3H3,(H,15,16). The van der Waals surface area contributed by atoms with Gasteiger partial charge in [-0.25, -0.2) is 0 Å². The molecule has 1 unspecified atom stereocenters. The zero-order chi connectivity index (χ0) is 11.7. The predicted octanol–water partition coefficient (Wildman–Crippen LogP) is 2.83. The third-order valence-corrected chi connectivity index (χ3v) is 3.54. The maximum atomic E-state index is 12.0. The Morgan fingerprint density at radius 2 is 2.06 bits per heavy atom. The molecule has 1 aliphatic rings. The zero-order valence-electron chi connectivity index (χ0n) is 10.2. The molecular formula is C14H19NO. The number of rotatable bonds is 3. The lowest BCUT2D eigenvalue weighted by Gasteiger charge is -2.14. The summed E-state index contributed by atoms with van der Waals surface area (Å²) in [6, 6.07) is 6.19. The highest BCUT2D eigenvalue weighted by Crippen LogP contribution is 2.32. The SMILES string of the molecule is Cc1cccc(C(=O)NC(C)C2CC2)c1C. The first kappa shape index (κ1) is 11.2. The molecule has 0 radical (unpaired) electrons. The van der Waals surface area contributed by atoms with Gasteiger partial charge in [0.1, 0.15) is 0 Å². The summed E-state index contributed by atoms with van der Waals surface area (Å²) in [6.07, 6.45) is 2.52. The summed E-state index contributed by atoms with van der Waals surface area (Å²) in [5.41, 5.74) is 3.07. The van der Waals surface area contributed by atoms with Crippen LogP contribution in [0.3, 0.4) is 0 Å². The summed E-state index contributed by atoms with van der Waals surface area (Å²) >= 11 is 0. The molecule has 1 aromatic carbocycles. The monoisotopic (exact) mass is 217 g/mol. The van der Waals surface area contributed by atoms with Crippen molar-refractivity contribution in [3.63, 3.8) is 0 Å². The molecule has 1 N–H and O–H groups in total. The Balaban J connectivity index is 2.10. The van der Waals surface area contributed by atoms with Gasteiger partial charge >= 0.3 is 0 Å². The van der Waals surface area contributed by atoms with Gasteiger partial charge in [-0.1, -0.05) is 12.1 Å². The lowest BCUT2D eigenvalue weighted by molar-refractivity contribution is 0.0935. The lowest BCUT2D eigenvalue weighted by Crippen LogP contribution is -2.34. The molecule has 1 aliphatic carbocycles. The van der Waals surface area contributed by atoms with Crippen LogP contribution >= 0.6 is 0 Å². The van der Waals surface area contributed by atoms with Crippen molar-refractivity contribution in [2.45, 2.75) is 39.7 Å². The van der Waals surface area contributed by atoms with Crippen LogP contribution in [0.2, 0.25) is 0 Å². The fourth-order valence-electron chi connectivity index (χ4n) is 2.00. The van der Waals surface area contributed by atoms with Gasteiger partial charge in [-0.2, -0.15) is 0 Å². The first-order chi connectivity index (χ1) is 7.59. The Labute approximate surface area is 97.1 Å². The Morgan fingerprint density at radius 1 is 1.38 bits per heavy atom. The minimum Gasteiger partial charge on any atom is -0.349 e. The molecule has 1 atom stereocenters. The van der Waals surface area contributed by atoms with E-state index in [2.05, 4.69) is 12.2 Å². The summed E-state index contributed by atoms with van der Waals surface area (Å²) in [6.45, 7) is 6.14. The number of nitrogens with one attached hydrogen (secondary N) is 1. The van der Waals surface area contributed by atoms with Gasteiger partial charge in [0.2, 0.25) is 0 Å². The molecule has 1 amide bonds. The molecule has 0 aliphatic heterocycles. The zero-order valence-corrected chi connectivity index (χ0v) is 10.2. The van der Waals surface area contributed by atoms with E-state index in [1.54, 1.807) is 0 Å². The number of hydrogen-bond acceptors (Lipinski definition) is 1. The van der Waals surface area contributed by atoms with Crippen molar-refractivity contribution in [1.29, 1.82) is 0 Å². The van der Waals surface area contributed by atoms with Crippen LogP contribution < -0.4 is 5.32 Å². The molecule has 1 fully saturated rings. The largest absolute Gasteiger partial charge is 0.349 e. The average molecular weight is 217 g/mol. The molecule has 1 aromatic rings. The molecule has 86 valence electrons. The molecule has 16 heavy (non-hydrogen) atoms. The molecule has 0 heterocycles. The van der Waals surface area contributed by atoms with Crippen molar-refractivity contribution in [2.24, 2.45) is 5.92 Å². The highest BCUT2D eigenvalue weighted by Gasteiger charge is 2.29. The van der Waals surface area contributed by atoms with E-state index in [9.17, 15) is 4.79 Å². The van der Waals surface area contributed by atoms with Gasteiger partial charge in [-0.3, -0.25) is 4.79 Å². The summed E-state index contributed by atoms with van der Waals surface area (Å²) < 4.78 is 0. The maximum absolute atomic E-state index is 12.0. The first-order valence-corrected chi connectivity index (χ1v) is 5.96. The second-order valence-corrected chi connectivity index (χ2v) is 4.85. The van der Waals surface area contributed by atoms with E-state index < -0.39 is 0 Å². The third-order valence-electron chi connectivity index (χ3n) is 3.54. The van der Waals surface area contributed by atoms with Gasteiger partial charge < -0.3 is 5.32 Å². The molecule has 2 rings (SSSR count). The van der Waals surface area contributed by atoms with Crippen molar-refractivity contribution in [3.05, 3.63) is 34.9 Å². The van der Waals surface area contributed by atoms with Gasteiger partial charge in [0.15, 0.2) is 0 Å². The van der Waals surface area contributed by atoms with Crippen LogP contribution in [-0.4, -0.2) is 11.9 Å². The average Bonchev–Trinajstić information content (AvgIpc) is 3.05. The minimum atomic E-state index is 0.0700. The summed E-state index contributed by atoms with van der Waals surface area (Å²) in [5.74, 6) is 0.773. The third kappa shape index (κ3) is 2.26. The summed E-state index contributed by atoms with van der Waals surface area (Å²) in [5, 5.41) is 3.09. The summed E-state index contributed by atoms with van der Waals surface area (Å²) in [4.78, 5) is 12.0. The molecule has 0 aromatic heterocycles. The van der Waals surface area contributed by atoms with Crippen LogP contribution in [0.5, 0.6) is 0 Å². The van der Waals surface area contributed by atoms with Crippen LogP contribution in [0.15, 0.2) is 18.2 Å². The Kier molecular flexibility index (Phi) is 2.99. The number of carbonyl (C=O) groups is 1. The number of aryl methyl sites for hydroxylation is 1. The minimum absolute atomic E-state index is 0.0700. The van der Waals surface area contributed by atoms with Gasteiger partial charge in [0, 0.05) is 11.6 Å². The second kappa shape index (κ2) is 4.28. The maximum Gasteiger partial charge on any atom is 0.251 e. The van der Waals surface area contributed by atoms with E-state index in [4.69, 9.17) is 0 Å². The predicted molar refractivity (Wildman–Crippen MR) is 65.6 cm³/mol. The number of hydrogen-bond donors (Lipinski definition) is 1. The van der Waals surface area contributed by atoms with Crippen LogP contribution in [0.25, 0.3) is 0 Å². The Morgan fingerprint density at radius 3 is 2.69 bits per heavy atom. The number of benzene rings is 1. The quantitative estimate of drug-likeness (QED) is 0.828. The van der Waals surface area contributed by atoms with Gasteiger partial charge in [-0.05, 0) is 56.7 Å². The smallest absolute Gasteiger partial charge is 0.251 e. The van der Waals surface area contributed by atoms with Crippen molar-refractivity contribution < 1.29 is 4.79 Å². The van der Waals surface area contributed by atoms with E-state index in [1.165, 1.54) is 18.4 Å². The molecule has 0 bridgehead atoms. The fourth-order valence-corrected chi connectivity index (χ4v) is 2.00. The molecular weight excluding hydrogens is 198 g/mol. The van der Waals surface area contributed by atoms with Crippen LogP contribution in [0.4, 0.5) is 0 Å². The van der Waals surface area contributed by atoms with Crippen LogP contribution in [-0.2, 0) is 0 Å². The lowest BCUT2D eigenvalue weighted by atomic mass is 10.0. The van der Waals surface area contributed by atoms with Crippen molar-refractivity contribution in [1.82, 2.24) is 5.32 Å². The van der Waals surface area contributed by atoms with Crippen molar-refractivity contribution in [3.8, 4) is 0 Å². The van der Waals surface area contributed by atoms with Gasteiger partial charge in [0.25, 0.3) is 5.91 Å². The molecule has 2 heteroatoms. The normalized spacial score (nSPS) is 16.9. The summed E-state index contributed by atoms with van der Waals surface area (Å²) in [7, 11) is 0. The van der Waals surface area contributed by atoms with Gasteiger partial charge in [-0.15, -0.1) is 0 Å². The van der Waals surface area contributed by atoms with E-state index in [-0.39, 0.29) is 5.91 Å². The second-order valence-electron chi connectivity index (χ2n) is 4.85. The van der Waals surface area contributed by atoms with E-state index in [0.717, 1.165) is 11.1 Å². The van der Waals surface area contributed by atoms with Crippen molar-refractivity contribution >= 4 is 5.91 Å². The topological polar surface area (TPSA) is 29.1 Å². The van der Waals surface area contributed by atoms with Crippen LogP contribution in [0.1, 0.15) is 41.3 Å². The molecule has 1 saturated carbocycles. The molecule has 0 spiro atoms. The van der Waals surface area contributed by atoms with Crippen LogP contribution in [0, 0.1) is 19.8 Å². The number of amides is 1. The first-order valence-electron chi connectivity index (χ1n) is 5.96. The highest BCUT2D eigenvalue weighted by molar-refractivity contribution is 5.96. The molecule has 2 nitrogen and oxygen atoms in total. The highest BCUT2D eigenvalue weighted by atomic mass is 16.1. The van der Waals surface area contributed by atoms with Gasteiger partial charge in [0.05, 0.1) is 0 Å². The van der Waals surface area contributed by atoms with E-state index >= 15 is 0 Å². The Bertz CT molecular complexity index is 407. The Hall–Kier alpha value is -1.31.